The molecule has 2 amide bonds. The predicted molar refractivity (Wildman–Crippen MR) is 120 cm³/mol. The van der Waals surface area contributed by atoms with Gasteiger partial charge in [-0.2, -0.15) is 0 Å². The van der Waals surface area contributed by atoms with Crippen LogP contribution >= 0.6 is 23.1 Å². The molecule has 1 N–H and O–H groups in total. The van der Waals surface area contributed by atoms with Crippen LogP contribution < -0.4 is 10.2 Å². The van der Waals surface area contributed by atoms with Crippen LogP contribution in [0.1, 0.15) is 17.5 Å². The van der Waals surface area contributed by atoms with Gasteiger partial charge < -0.3 is 10.2 Å². The molecule has 1 aliphatic rings. The van der Waals surface area contributed by atoms with Crippen molar-refractivity contribution in [3.8, 4) is 11.3 Å². The summed E-state index contributed by atoms with van der Waals surface area (Å²) >= 11 is 2.95. The first-order valence-electron chi connectivity index (χ1n) is 9.36. The van der Waals surface area contributed by atoms with E-state index in [4.69, 9.17) is 0 Å². The standard InChI is InChI=1S/C22H21N3O2S2/c1-14-7-8-15(2)16(11-14)17-12-29-22(23-17)24-20(26)9-10-25-18-5-3-4-6-19(18)28-13-21(25)27/h3-8,11-12H,9-10,13H2,1-2H3,(H,23,24,26). The number of benzene rings is 2. The summed E-state index contributed by atoms with van der Waals surface area (Å²) in [4.78, 5) is 32.1. The van der Waals surface area contributed by atoms with E-state index in [1.807, 2.05) is 29.6 Å². The number of anilines is 2. The molecule has 0 radical (unpaired) electrons. The van der Waals surface area contributed by atoms with Crippen LogP contribution in [0.4, 0.5) is 10.8 Å². The van der Waals surface area contributed by atoms with Gasteiger partial charge in [0.15, 0.2) is 5.13 Å². The highest BCUT2D eigenvalue weighted by atomic mass is 32.2. The lowest BCUT2D eigenvalue weighted by molar-refractivity contribution is -0.117. The molecule has 1 aromatic heterocycles. The van der Waals surface area contributed by atoms with E-state index in [0.29, 0.717) is 17.4 Å². The average Bonchev–Trinajstić information content (AvgIpc) is 3.17. The minimum atomic E-state index is -0.143. The number of aryl methyl sites for hydroxylation is 2. The zero-order valence-electron chi connectivity index (χ0n) is 16.3. The summed E-state index contributed by atoms with van der Waals surface area (Å²) in [5.41, 5.74) is 5.15. The van der Waals surface area contributed by atoms with Crippen LogP contribution in [0.15, 0.2) is 52.7 Å². The lowest BCUT2D eigenvalue weighted by Gasteiger charge is -2.28. The maximum absolute atomic E-state index is 12.5. The van der Waals surface area contributed by atoms with E-state index in [1.165, 1.54) is 16.9 Å². The molecular formula is C22H21N3O2S2. The summed E-state index contributed by atoms with van der Waals surface area (Å²) in [7, 11) is 0. The van der Waals surface area contributed by atoms with Crippen molar-refractivity contribution in [2.75, 3.05) is 22.5 Å². The third kappa shape index (κ3) is 4.36. The molecule has 29 heavy (non-hydrogen) atoms. The number of rotatable bonds is 5. The minimum absolute atomic E-state index is 0.0351. The molecule has 5 nitrogen and oxygen atoms in total. The molecule has 1 aliphatic heterocycles. The van der Waals surface area contributed by atoms with Gasteiger partial charge in [0.2, 0.25) is 11.8 Å². The lowest BCUT2D eigenvalue weighted by Crippen LogP contribution is -2.37. The Hall–Kier alpha value is -2.64. The van der Waals surface area contributed by atoms with Gasteiger partial charge in [0.05, 0.1) is 17.1 Å². The molecule has 7 heteroatoms. The van der Waals surface area contributed by atoms with Crippen LogP contribution in [0.5, 0.6) is 0 Å². The Morgan fingerprint density at radius 1 is 1.21 bits per heavy atom. The predicted octanol–water partition coefficient (Wildman–Crippen LogP) is 4.89. The van der Waals surface area contributed by atoms with Crippen molar-refractivity contribution in [3.63, 3.8) is 0 Å². The van der Waals surface area contributed by atoms with Gasteiger partial charge in [0, 0.05) is 28.8 Å². The normalized spacial score (nSPS) is 13.3. The van der Waals surface area contributed by atoms with E-state index in [0.717, 1.165) is 27.4 Å². The van der Waals surface area contributed by atoms with E-state index in [1.54, 1.807) is 16.7 Å². The van der Waals surface area contributed by atoms with Gasteiger partial charge in [0.25, 0.3) is 0 Å². The van der Waals surface area contributed by atoms with Crippen LogP contribution in [0.25, 0.3) is 11.3 Å². The number of carbonyl (C=O) groups is 2. The number of nitrogens with zero attached hydrogens (tertiary/aromatic N) is 2. The minimum Gasteiger partial charge on any atom is -0.310 e. The Labute approximate surface area is 178 Å². The molecular weight excluding hydrogens is 402 g/mol. The van der Waals surface area contributed by atoms with Gasteiger partial charge in [-0.15, -0.1) is 23.1 Å². The largest absolute Gasteiger partial charge is 0.310 e. The van der Waals surface area contributed by atoms with Crippen molar-refractivity contribution in [1.82, 2.24) is 4.98 Å². The maximum atomic E-state index is 12.5. The Morgan fingerprint density at radius 3 is 2.90 bits per heavy atom. The molecule has 148 valence electrons. The van der Waals surface area contributed by atoms with E-state index in [9.17, 15) is 9.59 Å². The van der Waals surface area contributed by atoms with Crippen molar-refractivity contribution < 1.29 is 9.59 Å². The molecule has 2 heterocycles. The highest BCUT2D eigenvalue weighted by Gasteiger charge is 2.24. The van der Waals surface area contributed by atoms with Gasteiger partial charge >= 0.3 is 0 Å². The molecule has 0 aliphatic carbocycles. The van der Waals surface area contributed by atoms with Crippen molar-refractivity contribution in [1.29, 1.82) is 0 Å². The number of amides is 2. The first kappa shape index (κ1) is 19.7. The van der Waals surface area contributed by atoms with Crippen molar-refractivity contribution in [2.45, 2.75) is 25.2 Å². The fourth-order valence-corrected chi connectivity index (χ4v) is 4.92. The van der Waals surface area contributed by atoms with Crippen molar-refractivity contribution in [2.24, 2.45) is 0 Å². The van der Waals surface area contributed by atoms with Gasteiger partial charge in [-0.05, 0) is 37.6 Å². The summed E-state index contributed by atoms with van der Waals surface area (Å²) in [5.74, 6) is 0.299. The molecule has 3 aromatic rings. The molecule has 0 spiro atoms. The summed E-state index contributed by atoms with van der Waals surface area (Å²) in [6.07, 6.45) is 0.225. The quantitative estimate of drug-likeness (QED) is 0.634. The summed E-state index contributed by atoms with van der Waals surface area (Å²) in [6, 6.07) is 14.1. The number of aromatic nitrogens is 1. The van der Waals surface area contributed by atoms with E-state index >= 15 is 0 Å². The number of thiazole rings is 1. The number of thioether (sulfide) groups is 1. The van der Waals surface area contributed by atoms with Gasteiger partial charge in [-0.25, -0.2) is 4.98 Å². The van der Waals surface area contributed by atoms with Gasteiger partial charge in [-0.1, -0.05) is 29.8 Å². The highest BCUT2D eigenvalue weighted by Crippen LogP contribution is 2.35. The molecule has 2 aromatic carbocycles. The SMILES string of the molecule is Cc1ccc(C)c(-c2csc(NC(=O)CCN3C(=O)CSc4ccccc43)n2)c1. The second-order valence-corrected chi connectivity index (χ2v) is 8.83. The number of hydrogen-bond donors (Lipinski definition) is 1. The first-order valence-corrected chi connectivity index (χ1v) is 11.2. The fourth-order valence-electron chi connectivity index (χ4n) is 3.26. The Kier molecular flexibility index (Phi) is 5.69. The number of para-hydroxylation sites is 1. The van der Waals surface area contributed by atoms with Crippen molar-refractivity contribution in [3.05, 3.63) is 59.0 Å². The fraction of sp³-hybridized carbons (Fsp3) is 0.227. The lowest BCUT2D eigenvalue weighted by atomic mass is 10.0. The van der Waals surface area contributed by atoms with E-state index in [2.05, 4.69) is 42.3 Å². The zero-order chi connectivity index (χ0) is 20.4. The number of nitrogens with one attached hydrogen (secondary N) is 1. The molecule has 0 bridgehead atoms. The van der Waals surface area contributed by atoms with Crippen LogP contribution in [0, 0.1) is 13.8 Å². The Bertz CT molecular complexity index is 1080. The summed E-state index contributed by atoms with van der Waals surface area (Å²) in [5, 5.41) is 5.40. The summed E-state index contributed by atoms with van der Waals surface area (Å²) in [6.45, 7) is 4.46. The Balaban J connectivity index is 1.40. The van der Waals surface area contributed by atoms with E-state index < -0.39 is 0 Å². The Morgan fingerprint density at radius 2 is 2.03 bits per heavy atom. The zero-order valence-corrected chi connectivity index (χ0v) is 17.9. The third-order valence-electron chi connectivity index (χ3n) is 4.79. The van der Waals surface area contributed by atoms with Crippen LogP contribution in [-0.2, 0) is 9.59 Å². The van der Waals surface area contributed by atoms with Crippen LogP contribution in [0.2, 0.25) is 0 Å². The van der Waals surface area contributed by atoms with Gasteiger partial charge in [-0.3, -0.25) is 9.59 Å². The average molecular weight is 424 g/mol. The second kappa shape index (κ2) is 8.39. The molecule has 0 saturated heterocycles. The van der Waals surface area contributed by atoms with Crippen LogP contribution in [-0.4, -0.2) is 29.1 Å². The summed E-state index contributed by atoms with van der Waals surface area (Å²) < 4.78 is 0. The van der Waals surface area contributed by atoms with Crippen molar-refractivity contribution >= 4 is 45.7 Å². The smallest absolute Gasteiger partial charge is 0.237 e. The number of fused-ring (bicyclic) bond motifs is 1. The van der Waals surface area contributed by atoms with Gasteiger partial charge in [0.1, 0.15) is 0 Å². The number of hydrogen-bond acceptors (Lipinski definition) is 5. The topological polar surface area (TPSA) is 62.3 Å². The van der Waals surface area contributed by atoms with Crippen LogP contribution in [0.3, 0.4) is 0 Å². The third-order valence-corrected chi connectivity index (χ3v) is 6.60. The monoisotopic (exact) mass is 423 g/mol. The number of carbonyl (C=O) groups excluding carboxylic acids is 2. The first-order chi connectivity index (χ1) is 14.0. The molecule has 0 fully saturated rings. The van der Waals surface area contributed by atoms with E-state index in [-0.39, 0.29) is 18.2 Å². The second-order valence-electron chi connectivity index (χ2n) is 6.96. The maximum Gasteiger partial charge on any atom is 0.237 e. The molecule has 0 unspecified atom stereocenters. The highest BCUT2D eigenvalue weighted by molar-refractivity contribution is 8.00. The molecule has 0 atom stereocenters. The molecule has 0 saturated carbocycles. The molecule has 4 rings (SSSR count).